The quantitative estimate of drug-likeness (QED) is 0.811. The summed E-state index contributed by atoms with van der Waals surface area (Å²) in [5.41, 5.74) is 5.54. The summed E-state index contributed by atoms with van der Waals surface area (Å²) >= 11 is 0. The van der Waals surface area contributed by atoms with Crippen LogP contribution in [-0.4, -0.2) is 16.7 Å². The zero-order chi connectivity index (χ0) is 13.8. The third-order valence-electron chi connectivity index (χ3n) is 3.09. The molecule has 0 fully saturated rings. The molecular formula is C13H25N3O2. The Bertz CT molecular complexity index is 365. The van der Waals surface area contributed by atoms with Crippen molar-refractivity contribution in [3.8, 4) is 0 Å². The van der Waals surface area contributed by atoms with Crippen molar-refractivity contribution in [1.29, 1.82) is 0 Å². The smallest absolute Gasteiger partial charge is 0.243 e. The Kier molecular flexibility index (Phi) is 5.28. The highest BCUT2D eigenvalue weighted by Gasteiger charge is 2.31. The zero-order valence-corrected chi connectivity index (χ0v) is 12.1. The van der Waals surface area contributed by atoms with E-state index in [2.05, 4.69) is 24.0 Å². The van der Waals surface area contributed by atoms with E-state index >= 15 is 0 Å². The lowest BCUT2D eigenvalue weighted by Gasteiger charge is -2.23. The lowest BCUT2D eigenvalue weighted by Crippen LogP contribution is -2.26. The van der Waals surface area contributed by atoms with Gasteiger partial charge in [-0.15, -0.1) is 0 Å². The van der Waals surface area contributed by atoms with E-state index in [1.807, 2.05) is 20.8 Å². The Hall–Kier alpha value is -0.940. The van der Waals surface area contributed by atoms with E-state index in [0.717, 1.165) is 12.8 Å². The topological polar surface area (TPSA) is 74.2 Å². The molecule has 0 radical (unpaired) electrons. The third-order valence-corrected chi connectivity index (χ3v) is 3.09. The molecule has 1 rings (SSSR count). The van der Waals surface area contributed by atoms with Gasteiger partial charge in [-0.1, -0.05) is 25.9 Å². The molecular weight excluding hydrogens is 230 g/mol. The van der Waals surface area contributed by atoms with Crippen molar-refractivity contribution in [2.45, 2.75) is 59.1 Å². The van der Waals surface area contributed by atoms with Gasteiger partial charge in [-0.3, -0.25) is 0 Å². The normalized spacial score (nSPS) is 16.8. The van der Waals surface area contributed by atoms with Crippen molar-refractivity contribution < 1.29 is 9.26 Å². The van der Waals surface area contributed by atoms with Crippen LogP contribution < -0.4 is 5.73 Å². The molecule has 0 amide bonds. The molecule has 104 valence electrons. The first kappa shape index (κ1) is 15.1. The molecule has 0 aliphatic heterocycles. The Labute approximate surface area is 109 Å². The van der Waals surface area contributed by atoms with Crippen LogP contribution in [0.25, 0.3) is 0 Å². The van der Waals surface area contributed by atoms with Crippen LogP contribution in [0.1, 0.15) is 65.2 Å². The van der Waals surface area contributed by atoms with Crippen LogP contribution in [0.2, 0.25) is 0 Å². The molecule has 2 atom stereocenters. The molecule has 0 aliphatic rings. The first-order valence-electron chi connectivity index (χ1n) is 6.66. The predicted octanol–water partition coefficient (Wildman–Crippen LogP) is 2.78. The molecule has 1 unspecified atom stereocenters. The van der Waals surface area contributed by atoms with E-state index in [9.17, 15) is 0 Å². The molecule has 0 bridgehead atoms. The molecule has 1 heterocycles. The van der Waals surface area contributed by atoms with Crippen LogP contribution in [0, 0.1) is 5.92 Å². The highest BCUT2D eigenvalue weighted by molar-refractivity contribution is 5.01. The lowest BCUT2D eigenvalue weighted by atomic mass is 10.0. The second-order valence-corrected chi connectivity index (χ2v) is 5.21. The average Bonchev–Trinajstić information content (AvgIpc) is 2.78. The fourth-order valence-corrected chi connectivity index (χ4v) is 1.85. The number of rotatable bonds is 7. The maximum Gasteiger partial charge on any atom is 0.243 e. The highest BCUT2D eigenvalue weighted by atomic mass is 16.5. The maximum absolute atomic E-state index is 6.03. The molecule has 18 heavy (non-hydrogen) atoms. The van der Waals surface area contributed by atoms with Gasteiger partial charge in [0.05, 0.1) is 6.04 Å². The molecule has 0 aromatic carbocycles. The number of aromatic nitrogens is 2. The van der Waals surface area contributed by atoms with Crippen LogP contribution in [0.15, 0.2) is 4.52 Å². The second kappa shape index (κ2) is 6.29. The minimum Gasteiger partial charge on any atom is -0.367 e. The first-order chi connectivity index (χ1) is 8.42. The molecule has 0 aliphatic carbocycles. The summed E-state index contributed by atoms with van der Waals surface area (Å²) < 4.78 is 11.0. The average molecular weight is 255 g/mol. The minimum absolute atomic E-state index is 0.200. The van der Waals surface area contributed by atoms with Gasteiger partial charge in [0.25, 0.3) is 0 Å². The number of hydrogen-bond acceptors (Lipinski definition) is 5. The largest absolute Gasteiger partial charge is 0.367 e. The zero-order valence-electron chi connectivity index (χ0n) is 12.1. The first-order valence-corrected chi connectivity index (χ1v) is 6.66. The Balaban J connectivity index is 2.84. The van der Waals surface area contributed by atoms with E-state index in [4.69, 9.17) is 15.0 Å². The summed E-state index contributed by atoms with van der Waals surface area (Å²) in [7, 11) is 0. The number of hydrogen-bond donors (Lipinski definition) is 1. The van der Waals surface area contributed by atoms with Crippen molar-refractivity contribution in [1.82, 2.24) is 10.1 Å². The van der Waals surface area contributed by atoms with Gasteiger partial charge in [0.15, 0.2) is 0 Å². The van der Waals surface area contributed by atoms with Crippen LogP contribution in [0.4, 0.5) is 0 Å². The Morgan fingerprint density at radius 1 is 1.39 bits per heavy atom. The van der Waals surface area contributed by atoms with Gasteiger partial charge >= 0.3 is 0 Å². The fourth-order valence-electron chi connectivity index (χ4n) is 1.85. The SMILES string of the molecule is CCOC(C)(CC)c1noc([C@@H](N)CC(C)C)n1. The third kappa shape index (κ3) is 3.53. The Morgan fingerprint density at radius 2 is 2.06 bits per heavy atom. The van der Waals surface area contributed by atoms with Gasteiger partial charge in [-0.05, 0) is 32.6 Å². The predicted molar refractivity (Wildman–Crippen MR) is 70.0 cm³/mol. The van der Waals surface area contributed by atoms with Crippen molar-refractivity contribution in [3.05, 3.63) is 11.7 Å². The van der Waals surface area contributed by atoms with Crippen LogP contribution in [-0.2, 0) is 10.3 Å². The summed E-state index contributed by atoms with van der Waals surface area (Å²) in [4.78, 5) is 4.40. The minimum atomic E-state index is -0.492. The summed E-state index contributed by atoms with van der Waals surface area (Å²) in [5, 5.41) is 4.01. The Morgan fingerprint density at radius 3 is 2.56 bits per heavy atom. The fraction of sp³-hybridized carbons (Fsp3) is 0.846. The number of nitrogens with two attached hydrogens (primary N) is 1. The van der Waals surface area contributed by atoms with Crippen LogP contribution >= 0.6 is 0 Å². The number of ether oxygens (including phenoxy) is 1. The standard InChI is InChI=1S/C13H25N3O2/c1-6-13(5,17-7-2)12-15-11(18-16-12)10(14)8-9(3)4/h9-10H,6-8,14H2,1-5H3/t10-,13?/m0/s1. The van der Waals surface area contributed by atoms with Gasteiger partial charge in [-0.25, -0.2) is 0 Å². The molecule has 0 saturated heterocycles. The van der Waals surface area contributed by atoms with E-state index in [1.54, 1.807) is 0 Å². The van der Waals surface area contributed by atoms with Gasteiger partial charge in [-0.2, -0.15) is 4.98 Å². The molecule has 2 N–H and O–H groups in total. The van der Waals surface area contributed by atoms with E-state index in [1.165, 1.54) is 0 Å². The van der Waals surface area contributed by atoms with E-state index < -0.39 is 5.60 Å². The molecule has 5 nitrogen and oxygen atoms in total. The molecule has 0 spiro atoms. The van der Waals surface area contributed by atoms with Crippen molar-refractivity contribution in [3.63, 3.8) is 0 Å². The molecule has 1 aromatic heterocycles. The van der Waals surface area contributed by atoms with Crippen molar-refractivity contribution in [2.24, 2.45) is 11.7 Å². The summed E-state index contributed by atoms with van der Waals surface area (Å²) in [6.45, 7) is 10.8. The van der Waals surface area contributed by atoms with Crippen LogP contribution in [0.3, 0.4) is 0 Å². The van der Waals surface area contributed by atoms with E-state index in [-0.39, 0.29) is 6.04 Å². The second-order valence-electron chi connectivity index (χ2n) is 5.21. The van der Waals surface area contributed by atoms with E-state index in [0.29, 0.717) is 24.2 Å². The number of nitrogens with zero attached hydrogens (tertiary/aromatic N) is 2. The lowest BCUT2D eigenvalue weighted by molar-refractivity contribution is -0.0403. The van der Waals surface area contributed by atoms with Gasteiger partial charge in [0.2, 0.25) is 11.7 Å². The summed E-state index contributed by atoms with van der Waals surface area (Å²) in [6.07, 6.45) is 1.62. The van der Waals surface area contributed by atoms with Gasteiger partial charge < -0.3 is 15.0 Å². The highest BCUT2D eigenvalue weighted by Crippen LogP contribution is 2.28. The van der Waals surface area contributed by atoms with Crippen LogP contribution in [0.5, 0.6) is 0 Å². The molecule has 5 heteroatoms. The summed E-state index contributed by atoms with van der Waals surface area (Å²) in [6, 6.07) is -0.200. The van der Waals surface area contributed by atoms with Crippen molar-refractivity contribution in [2.75, 3.05) is 6.61 Å². The summed E-state index contributed by atoms with van der Waals surface area (Å²) in [5.74, 6) is 1.58. The molecule has 1 aromatic rings. The van der Waals surface area contributed by atoms with Crippen molar-refractivity contribution >= 4 is 0 Å². The monoisotopic (exact) mass is 255 g/mol. The van der Waals surface area contributed by atoms with Gasteiger partial charge in [0.1, 0.15) is 5.60 Å². The van der Waals surface area contributed by atoms with Gasteiger partial charge in [0, 0.05) is 6.61 Å². The molecule has 0 saturated carbocycles. The maximum atomic E-state index is 6.03.